The van der Waals surface area contributed by atoms with Gasteiger partial charge in [0.1, 0.15) is 17.7 Å². The number of nitrogens with zero attached hydrogens (tertiary/aromatic N) is 4. The van der Waals surface area contributed by atoms with Crippen LogP contribution in [-0.2, 0) is 13.6 Å². The van der Waals surface area contributed by atoms with Crippen molar-refractivity contribution in [2.45, 2.75) is 6.54 Å². The molecule has 8 heteroatoms. The zero-order valence-corrected chi connectivity index (χ0v) is 14.0. The molecule has 2 aromatic carbocycles. The second kappa shape index (κ2) is 6.67. The highest BCUT2D eigenvalue weighted by atomic mass is 16.3. The van der Waals surface area contributed by atoms with E-state index in [4.69, 9.17) is 4.42 Å². The molecule has 2 heterocycles. The molecule has 0 radical (unpaired) electrons. The summed E-state index contributed by atoms with van der Waals surface area (Å²) >= 11 is 0. The lowest BCUT2D eigenvalue weighted by atomic mass is 10.2. The van der Waals surface area contributed by atoms with Crippen molar-refractivity contribution in [3.63, 3.8) is 0 Å². The summed E-state index contributed by atoms with van der Waals surface area (Å²) in [5, 5.41) is 9.46. The minimum Gasteiger partial charge on any atom is -0.436 e. The molecule has 0 atom stereocenters. The third-order valence-electron chi connectivity index (χ3n) is 3.90. The molecule has 26 heavy (non-hydrogen) atoms. The molecular formula is C18H16N6O2. The summed E-state index contributed by atoms with van der Waals surface area (Å²) in [6, 6.07) is 14.6. The second-order valence-electron chi connectivity index (χ2n) is 5.67. The molecule has 0 saturated carbocycles. The largest absolute Gasteiger partial charge is 0.436 e. The van der Waals surface area contributed by atoms with Crippen molar-refractivity contribution in [2.75, 3.05) is 5.32 Å². The van der Waals surface area contributed by atoms with Gasteiger partial charge in [0.15, 0.2) is 5.58 Å². The zero-order chi connectivity index (χ0) is 17.9. The Hall–Kier alpha value is -3.68. The van der Waals surface area contributed by atoms with E-state index in [1.807, 2.05) is 36.4 Å². The number of carbonyl (C=O) groups is 1. The number of amides is 2. The number of carbonyl (C=O) groups excluding carboxylic acids is 1. The van der Waals surface area contributed by atoms with Gasteiger partial charge in [-0.25, -0.2) is 14.8 Å². The number of hydrogen-bond acceptors (Lipinski definition) is 5. The molecule has 2 aromatic heterocycles. The highest BCUT2D eigenvalue weighted by Gasteiger charge is 2.09. The van der Waals surface area contributed by atoms with Crippen molar-refractivity contribution < 1.29 is 9.21 Å². The van der Waals surface area contributed by atoms with Crippen LogP contribution < -0.4 is 10.6 Å². The third kappa shape index (κ3) is 3.25. The van der Waals surface area contributed by atoms with Gasteiger partial charge in [-0.05, 0) is 36.4 Å². The van der Waals surface area contributed by atoms with Crippen LogP contribution in [0.2, 0.25) is 0 Å². The molecular weight excluding hydrogens is 332 g/mol. The minimum atomic E-state index is -0.317. The fourth-order valence-corrected chi connectivity index (χ4v) is 2.51. The van der Waals surface area contributed by atoms with Crippen molar-refractivity contribution in [3.05, 3.63) is 60.7 Å². The van der Waals surface area contributed by atoms with E-state index in [0.717, 1.165) is 16.7 Å². The average Bonchev–Trinajstić information content (AvgIpc) is 3.26. The number of para-hydroxylation sites is 2. The van der Waals surface area contributed by atoms with Crippen molar-refractivity contribution >= 4 is 22.8 Å². The number of benzene rings is 2. The number of urea groups is 1. The Morgan fingerprint density at radius 3 is 2.69 bits per heavy atom. The topological polar surface area (TPSA) is 97.9 Å². The number of fused-ring (bicyclic) bond motifs is 1. The summed E-state index contributed by atoms with van der Waals surface area (Å²) < 4.78 is 7.35. The minimum absolute atomic E-state index is 0.295. The van der Waals surface area contributed by atoms with Gasteiger partial charge >= 0.3 is 6.03 Å². The van der Waals surface area contributed by atoms with Crippen molar-refractivity contribution in [3.8, 4) is 11.5 Å². The average molecular weight is 348 g/mol. The summed E-state index contributed by atoms with van der Waals surface area (Å²) in [6.07, 6.45) is 1.44. The molecule has 4 aromatic rings. The molecule has 0 aliphatic carbocycles. The van der Waals surface area contributed by atoms with Gasteiger partial charge in [-0.1, -0.05) is 12.1 Å². The van der Waals surface area contributed by atoms with Crippen molar-refractivity contribution in [1.29, 1.82) is 0 Å². The van der Waals surface area contributed by atoms with Gasteiger partial charge < -0.3 is 15.1 Å². The van der Waals surface area contributed by atoms with E-state index >= 15 is 0 Å². The lowest BCUT2D eigenvalue weighted by Gasteiger charge is -2.07. The number of rotatable bonds is 4. The van der Waals surface area contributed by atoms with Crippen LogP contribution in [0, 0.1) is 0 Å². The predicted octanol–water partition coefficient (Wildman–Crippen LogP) is 2.95. The Kier molecular flexibility index (Phi) is 4.06. The van der Waals surface area contributed by atoms with Crippen molar-refractivity contribution in [2.24, 2.45) is 7.05 Å². The maximum Gasteiger partial charge on any atom is 0.319 e. The lowest BCUT2D eigenvalue weighted by molar-refractivity contribution is 0.251. The quantitative estimate of drug-likeness (QED) is 0.591. The first kappa shape index (κ1) is 15.8. The van der Waals surface area contributed by atoms with E-state index in [0.29, 0.717) is 23.9 Å². The Bertz CT molecular complexity index is 1020. The van der Waals surface area contributed by atoms with Crippen LogP contribution in [-0.4, -0.2) is 25.8 Å². The number of anilines is 1. The van der Waals surface area contributed by atoms with Gasteiger partial charge in [-0.3, -0.25) is 4.68 Å². The first-order valence-electron chi connectivity index (χ1n) is 8.03. The number of aromatic nitrogens is 4. The van der Waals surface area contributed by atoms with Gasteiger partial charge in [0, 0.05) is 18.3 Å². The standard InChI is InChI=1S/C18H16N6O2/c1-24-16(20-11-21-24)10-19-18(25)22-13-8-6-12(7-9-13)17-23-14-4-2-3-5-15(14)26-17/h2-9,11H,10H2,1H3,(H2,19,22,25). The Labute approximate surface area is 148 Å². The van der Waals surface area contributed by atoms with Gasteiger partial charge in [0.25, 0.3) is 0 Å². The van der Waals surface area contributed by atoms with Crippen LogP contribution >= 0.6 is 0 Å². The Morgan fingerprint density at radius 2 is 1.96 bits per heavy atom. The second-order valence-corrected chi connectivity index (χ2v) is 5.67. The number of oxazole rings is 1. The molecule has 0 aliphatic heterocycles. The maximum atomic E-state index is 12.0. The van der Waals surface area contributed by atoms with Crippen LogP contribution in [0.15, 0.2) is 59.3 Å². The highest BCUT2D eigenvalue weighted by molar-refractivity contribution is 5.89. The Balaban J connectivity index is 1.41. The van der Waals surface area contributed by atoms with E-state index in [1.165, 1.54) is 6.33 Å². The maximum absolute atomic E-state index is 12.0. The molecule has 0 saturated heterocycles. The molecule has 2 N–H and O–H groups in total. The third-order valence-corrected chi connectivity index (χ3v) is 3.90. The van der Waals surface area contributed by atoms with Gasteiger partial charge in [-0.15, -0.1) is 0 Å². The van der Waals surface area contributed by atoms with Crippen LogP contribution in [0.3, 0.4) is 0 Å². The number of hydrogen-bond donors (Lipinski definition) is 2. The summed E-state index contributed by atoms with van der Waals surface area (Å²) in [7, 11) is 1.77. The fourth-order valence-electron chi connectivity index (χ4n) is 2.51. The van der Waals surface area contributed by atoms with Crippen LogP contribution in [0.25, 0.3) is 22.6 Å². The summed E-state index contributed by atoms with van der Waals surface area (Å²) in [5.41, 5.74) is 3.06. The number of aryl methyl sites for hydroxylation is 1. The molecule has 0 unspecified atom stereocenters. The van der Waals surface area contributed by atoms with E-state index in [-0.39, 0.29) is 6.03 Å². The molecule has 0 bridgehead atoms. The van der Waals surface area contributed by atoms with Crippen LogP contribution in [0.4, 0.5) is 10.5 Å². The molecule has 0 fully saturated rings. The van der Waals surface area contributed by atoms with E-state index in [2.05, 4.69) is 25.7 Å². The molecule has 0 aliphatic rings. The normalized spacial score (nSPS) is 10.8. The van der Waals surface area contributed by atoms with E-state index < -0.39 is 0 Å². The zero-order valence-electron chi connectivity index (χ0n) is 14.0. The lowest BCUT2D eigenvalue weighted by Crippen LogP contribution is -2.29. The highest BCUT2D eigenvalue weighted by Crippen LogP contribution is 2.25. The molecule has 8 nitrogen and oxygen atoms in total. The van der Waals surface area contributed by atoms with Crippen LogP contribution in [0.5, 0.6) is 0 Å². The van der Waals surface area contributed by atoms with Crippen LogP contribution in [0.1, 0.15) is 5.82 Å². The fraction of sp³-hybridized carbons (Fsp3) is 0.111. The summed E-state index contributed by atoms with van der Waals surface area (Å²) in [6.45, 7) is 0.295. The smallest absolute Gasteiger partial charge is 0.319 e. The molecule has 0 spiro atoms. The number of nitrogens with one attached hydrogen (secondary N) is 2. The van der Waals surface area contributed by atoms with Gasteiger partial charge in [-0.2, -0.15) is 5.10 Å². The SMILES string of the molecule is Cn1ncnc1CNC(=O)Nc1ccc(-c2nc3ccccc3o2)cc1. The molecule has 130 valence electrons. The first-order chi connectivity index (χ1) is 12.7. The van der Waals surface area contributed by atoms with E-state index in [1.54, 1.807) is 23.9 Å². The molecule has 4 rings (SSSR count). The van der Waals surface area contributed by atoms with Gasteiger partial charge in [0.05, 0.1) is 6.54 Å². The molecule has 2 amide bonds. The van der Waals surface area contributed by atoms with E-state index in [9.17, 15) is 4.79 Å². The van der Waals surface area contributed by atoms with Gasteiger partial charge in [0.2, 0.25) is 5.89 Å². The monoisotopic (exact) mass is 348 g/mol. The Morgan fingerprint density at radius 1 is 1.15 bits per heavy atom. The summed E-state index contributed by atoms with van der Waals surface area (Å²) in [5.74, 6) is 1.22. The first-order valence-corrected chi connectivity index (χ1v) is 8.03. The predicted molar refractivity (Wildman–Crippen MR) is 96.3 cm³/mol. The summed E-state index contributed by atoms with van der Waals surface area (Å²) in [4.78, 5) is 20.5. The van der Waals surface area contributed by atoms with Crippen molar-refractivity contribution in [1.82, 2.24) is 25.1 Å².